The Kier molecular flexibility index (Phi) is 14.7. The molecule has 21 unspecified atom stereocenters. The molecule has 302 valence electrons. The Hall–Kier alpha value is -2.22. The standard InChI is InChI=1S/C27H48N4O21/c1-31-9-11(36)7(47-25-15(40)13(38)14(39)18(48-25)5(34)2-32)4-45-23(9)49-19-16(41)20(22(52-27(30)44)17(42)21(19)51-26(29)43)50-24-12(37)8(28)10(35)6(3-33)46-24/h5-25,31-42H,2-4,28H2,1H3,(H2,29,43)(H2,30,44). The van der Waals surface area contributed by atoms with E-state index in [4.69, 9.17) is 55.1 Å². The number of primary amides is 2. The van der Waals surface area contributed by atoms with E-state index in [0.717, 1.165) is 0 Å². The zero-order valence-corrected chi connectivity index (χ0v) is 27.5. The molecule has 3 aliphatic heterocycles. The van der Waals surface area contributed by atoms with Gasteiger partial charge in [0.05, 0.1) is 31.9 Å². The summed E-state index contributed by atoms with van der Waals surface area (Å²) in [5, 5.41) is 117. The maximum atomic E-state index is 11.9. The number of nitrogens with two attached hydrogens (primary N) is 3. The molecule has 21 atom stereocenters. The Bertz CT molecular complexity index is 1180. The molecule has 0 aromatic rings. The number of aliphatic hydroxyl groups excluding tert-OH is 11. The molecule has 0 radical (unpaired) electrons. The van der Waals surface area contributed by atoms with Gasteiger partial charge in [-0.1, -0.05) is 0 Å². The van der Waals surface area contributed by atoms with Crippen molar-refractivity contribution in [3.63, 3.8) is 0 Å². The summed E-state index contributed by atoms with van der Waals surface area (Å²) in [7, 11) is 1.33. The van der Waals surface area contributed by atoms with Gasteiger partial charge in [-0.2, -0.15) is 0 Å². The van der Waals surface area contributed by atoms with E-state index < -0.39 is 161 Å². The van der Waals surface area contributed by atoms with Gasteiger partial charge in [0.25, 0.3) is 0 Å². The van der Waals surface area contributed by atoms with Gasteiger partial charge >= 0.3 is 12.2 Å². The van der Waals surface area contributed by atoms with Crippen molar-refractivity contribution >= 4 is 12.2 Å². The van der Waals surface area contributed by atoms with E-state index in [-0.39, 0.29) is 0 Å². The quantitative estimate of drug-likeness (QED) is 0.0877. The number of likely N-dealkylation sites (N-methyl/N-ethyl adjacent to an activating group) is 1. The van der Waals surface area contributed by atoms with Crippen LogP contribution >= 0.6 is 0 Å². The molecule has 18 N–H and O–H groups in total. The van der Waals surface area contributed by atoms with E-state index in [2.05, 4.69) is 5.32 Å². The minimum absolute atomic E-state index is 0.576. The van der Waals surface area contributed by atoms with Gasteiger partial charge in [0.1, 0.15) is 85.5 Å². The summed E-state index contributed by atoms with van der Waals surface area (Å²) in [4.78, 5) is 23.7. The summed E-state index contributed by atoms with van der Waals surface area (Å²) >= 11 is 0. The van der Waals surface area contributed by atoms with Crippen LogP contribution in [-0.2, 0) is 37.9 Å². The number of rotatable bonds is 12. The highest BCUT2D eigenvalue weighted by Crippen LogP contribution is 2.35. The maximum Gasteiger partial charge on any atom is 0.404 e. The zero-order valence-electron chi connectivity index (χ0n) is 27.5. The minimum Gasteiger partial charge on any atom is -0.441 e. The normalized spacial score (nSPS) is 47.7. The topological polar surface area (TPSA) is 421 Å². The molecule has 1 aliphatic carbocycles. The van der Waals surface area contributed by atoms with Crippen molar-refractivity contribution in [3.05, 3.63) is 0 Å². The Morgan fingerprint density at radius 3 is 1.77 bits per heavy atom. The number of ether oxygens (including phenoxy) is 8. The molecule has 0 aromatic heterocycles. The Morgan fingerprint density at radius 2 is 1.25 bits per heavy atom. The fourth-order valence-electron chi connectivity index (χ4n) is 6.46. The van der Waals surface area contributed by atoms with Crippen molar-refractivity contribution in [3.8, 4) is 0 Å². The molecule has 1 saturated carbocycles. The molecule has 4 rings (SSSR count). The first-order valence-corrected chi connectivity index (χ1v) is 16.0. The SMILES string of the molecule is CNC1C(OC2C(O)C(OC3OC(CO)C(O)C(N)C3O)C(OC(N)=O)C(O)C2OC(N)=O)OCC(OC2OC(C(O)CO)C(O)C(O)C2O)C1O. The summed E-state index contributed by atoms with van der Waals surface area (Å²) in [6, 6.07) is -2.78. The number of carbonyl (C=O) groups excluding carboxylic acids is 2. The van der Waals surface area contributed by atoms with Gasteiger partial charge in [0.2, 0.25) is 0 Å². The highest BCUT2D eigenvalue weighted by atomic mass is 16.7. The van der Waals surface area contributed by atoms with Crippen molar-refractivity contribution in [2.45, 2.75) is 129 Å². The molecule has 3 heterocycles. The van der Waals surface area contributed by atoms with E-state index in [1.54, 1.807) is 0 Å². The molecule has 25 nitrogen and oxygen atoms in total. The van der Waals surface area contributed by atoms with Crippen LogP contribution < -0.4 is 22.5 Å². The average Bonchev–Trinajstić information content (AvgIpc) is 3.10. The van der Waals surface area contributed by atoms with Gasteiger partial charge in [0.15, 0.2) is 31.1 Å². The number of amides is 2. The fourth-order valence-corrected chi connectivity index (χ4v) is 6.46. The van der Waals surface area contributed by atoms with Crippen molar-refractivity contribution in [1.82, 2.24) is 5.32 Å². The molecule has 3 saturated heterocycles. The zero-order chi connectivity index (χ0) is 38.8. The van der Waals surface area contributed by atoms with Crippen molar-refractivity contribution in [1.29, 1.82) is 0 Å². The van der Waals surface area contributed by atoms with Crippen LogP contribution in [0.25, 0.3) is 0 Å². The van der Waals surface area contributed by atoms with Crippen molar-refractivity contribution in [2.75, 3.05) is 26.9 Å². The van der Waals surface area contributed by atoms with E-state index >= 15 is 0 Å². The molecule has 0 aromatic carbocycles. The lowest BCUT2D eigenvalue weighted by molar-refractivity contribution is -0.354. The molecule has 2 amide bonds. The highest BCUT2D eigenvalue weighted by Gasteiger charge is 2.59. The van der Waals surface area contributed by atoms with Crippen LogP contribution in [0.3, 0.4) is 0 Å². The average molecular weight is 765 g/mol. The lowest BCUT2D eigenvalue weighted by Gasteiger charge is -2.50. The monoisotopic (exact) mass is 764 g/mol. The predicted octanol–water partition coefficient (Wildman–Crippen LogP) is -9.96. The minimum atomic E-state index is -2.14. The van der Waals surface area contributed by atoms with Gasteiger partial charge in [-0.15, -0.1) is 0 Å². The molecule has 52 heavy (non-hydrogen) atoms. The van der Waals surface area contributed by atoms with Crippen LogP contribution in [0.15, 0.2) is 0 Å². The van der Waals surface area contributed by atoms with Gasteiger partial charge in [-0.25, -0.2) is 9.59 Å². The second-order valence-electron chi connectivity index (χ2n) is 12.6. The van der Waals surface area contributed by atoms with E-state index in [1.165, 1.54) is 7.05 Å². The summed E-state index contributed by atoms with van der Waals surface area (Å²) in [6.07, 6.45) is -37.1. The van der Waals surface area contributed by atoms with Gasteiger partial charge in [0, 0.05) is 0 Å². The molecule has 4 fully saturated rings. The number of hydrogen-bond acceptors (Lipinski definition) is 23. The Balaban J connectivity index is 1.57. The van der Waals surface area contributed by atoms with Crippen LogP contribution in [0.1, 0.15) is 0 Å². The second-order valence-corrected chi connectivity index (χ2v) is 12.6. The third-order valence-electron chi connectivity index (χ3n) is 9.30. The molecule has 25 heteroatoms. The molecule has 0 bridgehead atoms. The van der Waals surface area contributed by atoms with Gasteiger partial charge in [-0.05, 0) is 7.05 Å². The van der Waals surface area contributed by atoms with Gasteiger partial charge in [-0.3, -0.25) is 0 Å². The predicted molar refractivity (Wildman–Crippen MR) is 160 cm³/mol. The lowest BCUT2D eigenvalue weighted by atomic mass is 9.83. The van der Waals surface area contributed by atoms with Crippen LogP contribution in [0.2, 0.25) is 0 Å². The first kappa shape index (κ1) is 42.5. The van der Waals surface area contributed by atoms with Crippen LogP contribution in [0.5, 0.6) is 0 Å². The first-order valence-electron chi connectivity index (χ1n) is 16.0. The Labute approximate surface area is 294 Å². The molecule has 0 spiro atoms. The number of hydrogen-bond donors (Lipinski definition) is 15. The van der Waals surface area contributed by atoms with Crippen molar-refractivity contribution in [2.24, 2.45) is 17.2 Å². The highest BCUT2D eigenvalue weighted by molar-refractivity contribution is 5.65. The largest absolute Gasteiger partial charge is 0.441 e. The second kappa shape index (κ2) is 17.9. The summed E-state index contributed by atoms with van der Waals surface area (Å²) in [5.74, 6) is 0. The first-order chi connectivity index (χ1) is 24.5. The number of nitrogens with one attached hydrogen (secondary N) is 1. The Morgan fingerprint density at radius 1 is 0.712 bits per heavy atom. The molecular weight excluding hydrogens is 716 g/mol. The summed E-state index contributed by atoms with van der Waals surface area (Å²) in [6.45, 7) is -2.26. The summed E-state index contributed by atoms with van der Waals surface area (Å²) < 4.78 is 43.7. The van der Waals surface area contributed by atoms with Gasteiger partial charge < -0.3 is 117 Å². The van der Waals surface area contributed by atoms with E-state index in [1.807, 2.05) is 0 Å². The van der Waals surface area contributed by atoms with Crippen molar-refractivity contribution < 1.29 is 104 Å². The smallest absolute Gasteiger partial charge is 0.404 e. The summed E-state index contributed by atoms with van der Waals surface area (Å²) in [5.41, 5.74) is 16.2. The molecule has 4 aliphatic rings. The van der Waals surface area contributed by atoms with Crippen LogP contribution in [0, 0.1) is 0 Å². The van der Waals surface area contributed by atoms with E-state index in [9.17, 15) is 65.8 Å². The third kappa shape index (κ3) is 8.84. The fraction of sp³-hybridized carbons (Fsp3) is 0.926. The molecular formula is C27H48N4O21. The third-order valence-corrected chi connectivity index (χ3v) is 9.30. The lowest BCUT2D eigenvalue weighted by Crippen LogP contribution is -2.71. The number of aliphatic hydroxyl groups is 11. The van der Waals surface area contributed by atoms with Crippen LogP contribution in [-0.4, -0.2) is 224 Å². The van der Waals surface area contributed by atoms with E-state index in [0.29, 0.717) is 0 Å². The maximum absolute atomic E-state index is 11.9. The number of carbonyl (C=O) groups is 2. The van der Waals surface area contributed by atoms with Crippen LogP contribution in [0.4, 0.5) is 9.59 Å².